The third-order valence-electron chi connectivity index (χ3n) is 2.48. The van der Waals surface area contributed by atoms with Crippen LogP contribution in [0.5, 0.6) is 0 Å². The van der Waals surface area contributed by atoms with Gasteiger partial charge in [-0.1, -0.05) is 5.16 Å². The van der Waals surface area contributed by atoms with Crippen LogP contribution < -0.4 is 0 Å². The zero-order chi connectivity index (χ0) is 14.0. The van der Waals surface area contributed by atoms with Crippen molar-refractivity contribution in [3.05, 3.63) is 38.3 Å². The van der Waals surface area contributed by atoms with Gasteiger partial charge in [-0.05, 0) is 28.9 Å². The molecule has 0 saturated carbocycles. The van der Waals surface area contributed by atoms with Crippen molar-refractivity contribution in [1.82, 2.24) is 9.46 Å². The molecule has 0 bridgehead atoms. The van der Waals surface area contributed by atoms with E-state index in [1.54, 1.807) is 20.0 Å². The second-order valence-corrected chi connectivity index (χ2v) is 8.16. The fourth-order valence-corrected chi connectivity index (χ4v) is 4.19. The lowest BCUT2D eigenvalue weighted by molar-refractivity contribution is 0.391. The molecule has 0 N–H and O–H groups in total. The number of aryl methyl sites for hydroxylation is 1. The Morgan fingerprint density at radius 3 is 2.74 bits per heavy atom. The molecule has 0 atom stereocenters. The molecular formula is C11H13BrN2O3S2. The van der Waals surface area contributed by atoms with Crippen LogP contribution in [0.1, 0.15) is 16.3 Å². The second-order valence-electron chi connectivity index (χ2n) is 4.17. The van der Waals surface area contributed by atoms with Gasteiger partial charge >= 0.3 is 0 Å². The smallest absolute Gasteiger partial charge is 0.220 e. The standard InChI is InChI=1S/C11H13BrN2O3S2/c1-8-3-10(13-17-8)7-19(15,16)14(2)5-11-4-9(12)6-18-11/h3-4,6H,5,7H2,1-2H3. The Hall–Kier alpha value is -0.700. The fraction of sp³-hybridized carbons (Fsp3) is 0.364. The lowest BCUT2D eigenvalue weighted by Gasteiger charge is -2.15. The van der Waals surface area contributed by atoms with E-state index in [-0.39, 0.29) is 5.75 Å². The van der Waals surface area contributed by atoms with Crippen LogP contribution in [0.3, 0.4) is 0 Å². The fourth-order valence-electron chi connectivity index (χ4n) is 1.54. The molecule has 0 aromatic carbocycles. The SMILES string of the molecule is Cc1cc(CS(=O)(=O)N(C)Cc2cc(Br)cs2)no1. The first-order chi connectivity index (χ1) is 8.87. The van der Waals surface area contributed by atoms with Gasteiger partial charge in [-0.2, -0.15) is 4.31 Å². The van der Waals surface area contributed by atoms with Gasteiger partial charge in [0.1, 0.15) is 17.2 Å². The van der Waals surface area contributed by atoms with Crippen molar-refractivity contribution in [2.75, 3.05) is 7.05 Å². The molecule has 2 aromatic rings. The maximum absolute atomic E-state index is 12.2. The Balaban J connectivity index is 2.06. The summed E-state index contributed by atoms with van der Waals surface area (Å²) in [6.45, 7) is 2.09. The first kappa shape index (κ1) is 14.7. The van der Waals surface area contributed by atoms with Crippen molar-refractivity contribution in [2.24, 2.45) is 0 Å². The van der Waals surface area contributed by atoms with E-state index in [4.69, 9.17) is 4.52 Å². The maximum atomic E-state index is 12.2. The molecule has 2 rings (SSSR count). The van der Waals surface area contributed by atoms with Gasteiger partial charge in [-0.15, -0.1) is 11.3 Å². The van der Waals surface area contributed by atoms with E-state index < -0.39 is 10.0 Å². The highest BCUT2D eigenvalue weighted by Gasteiger charge is 2.21. The van der Waals surface area contributed by atoms with E-state index in [2.05, 4.69) is 21.1 Å². The van der Waals surface area contributed by atoms with Crippen LogP contribution >= 0.6 is 27.3 Å². The van der Waals surface area contributed by atoms with Crippen molar-refractivity contribution in [1.29, 1.82) is 0 Å². The number of thiophene rings is 1. The zero-order valence-electron chi connectivity index (χ0n) is 10.5. The van der Waals surface area contributed by atoms with Gasteiger partial charge < -0.3 is 4.52 Å². The second kappa shape index (κ2) is 5.74. The van der Waals surface area contributed by atoms with Crippen LogP contribution in [0.25, 0.3) is 0 Å². The Labute approximate surface area is 124 Å². The summed E-state index contributed by atoms with van der Waals surface area (Å²) in [5.41, 5.74) is 0.428. The van der Waals surface area contributed by atoms with Crippen LogP contribution in [0, 0.1) is 6.92 Å². The predicted octanol–water partition coefficient (Wildman–Crippen LogP) is 2.77. The van der Waals surface area contributed by atoms with Gasteiger partial charge in [-0.25, -0.2) is 8.42 Å². The third kappa shape index (κ3) is 3.88. The topological polar surface area (TPSA) is 63.4 Å². The van der Waals surface area contributed by atoms with E-state index in [0.29, 0.717) is 18.0 Å². The monoisotopic (exact) mass is 364 g/mol. The van der Waals surface area contributed by atoms with E-state index in [0.717, 1.165) is 9.35 Å². The summed E-state index contributed by atoms with van der Waals surface area (Å²) in [4.78, 5) is 0.981. The van der Waals surface area contributed by atoms with Crippen LogP contribution in [0.15, 0.2) is 26.5 Å². The average Bonchev–Trinajstić information content (AvgIpc) is 2.87. The van der Waals surface area contributed by atoms with E-state index in [9.17, 15) is 8.42 Å². The normalized spacial score (nSPS) is 12.2. The number of hydrogen-bond acceptors (Lipinski definition) is 5. The number of rotatable bonds is 5. The summed E-state index contributed by atoms with van der Waals surface area (Å²) in [5, 5.41) is 5.64. The summed E-state index contributed by atoms with van der Waals surface area (Å²) in [6.07, 6.45) is 0. The molecule has 104 valence electrons. The Morgan fingerprint density at radius 1 is 1.47 bits per heavy atom. The minimum atomic E-state index is -3.39. The molecule has 0 amide bonds. The predicted molar refractivity (Wildman–Crippen MR) is 77.3 cm³/mol. The molecule has 0 saturated heterocycles. The highest BCUT2D eigenvalue weighted by Crippen LogP contribution is 2.22. The lowest BCUT2D eigenvalue weighted by atomic mass is 10.4. The van der Waals surface area contributed by atoms with Gasteiger partial charge in [0, 0.05) is 34.4 Å². The van der Waals surface area contributed by atoms with Crippen LogP contribution in [-0.4, -0.2) is 24.9 Å². The minimum absolute atomic E-state index is 0.145. The molecular weight excluding hydrogens is 352 g/mol. The van der Waals surface area contributed by atoms with Crippen molar-refractivity contribution >= 4 is 37.3 Å². The molecule has 0 aliphatic carbocycles. The van der Waals surface area contributed by atoms with Gasteiger partial charge in [0.05, 0.1) is 0 Å². The molecule has 0 unspecified atom stereocenters. The molecule has 0 aliphatic heterocycles. The lowest BCUT2D eigenvalue weighted by Crippen LogP contribution is -2.27. The van der Waals surface area contributed by atoms with Crippen LogP contribution in [0.4, 0.5) is 0 Å². The number of sulfonamides is 1. The van der Waals surface area contributed by atoms with Crippen molar-refractivity contribution in [3.63, 3.8) is 0 Å². The maximum Gasteiger partial charge on any atom is 0.220 e. The van der Waals surface area contributed by atoms with Crippen molar-refractivity contribution in [3.8, 4) is 0 Å². The average molecular weight is 365 g/mol. The van der Waals surface area contributed by atoms with Crippen molar-refractivity contribution in [2.45, 2.75) is 19.2 Å². The van der Waals surface area contributed by atoms with E-state index in [1.165, 1.54) is 15.6 Å². The summed E-state index contributed by atoms with van der Waals surface area (Å²) in [7, 11) is -1.82. The molecule has 0 fully saturated rings. The molecule has 19 heavy (non-hydrogen) atoms. The van der Waals surface area contributed by atoms with Crippen LogP contribution in [0.2, 0.25) is 0 Å². The Kier molecular flexibility index (Phi) is 4.44. The molecule has 5 nitrogen and oxygen atoms in total. The number of hydrogen-bond donors (Lipinski definition) is 0. The summed E-state index contributed by atoms with van der Waals surface area (Å²) >= 11 is 4.87. The third-order valence-corrected chi connectivity index (χ3v) is 5.90. The number of halogens is 1. The van der Waals surface area contributed by atoms with Gasteiger partial charge in [0.2, 0.25) is 10.0 Å². The number of aromatic nitrogens is 1. The largest absolute Gasteiger partial charge is 0.361 e. The molecule has 2 aromatic heterocycles. The first-order valence-corrected chi connectivity index (χ1v) is 8.74. The molecule has 8 heteroatoms. The highest BCUT2D eigenvalue weighted by atomic mass is 79.9. The van der Waals surface area contributed by atoms with Gasteiger partial charge in [0.15, 0.2) is 0 Å². The minimum Gasteiger partial charge on any atom is -0.361 e. The Morgan fingerprint density at radius 2 is 2.21 bits per heavy atom. The van der Waals surface area contributed by atoms with Crippen LogP contribution in [-0.2, 0) is 22.3 Å². The van der Waals surface area contributed by atoms with E-state index >= 15 is 0 Å². The highest BCUT2D eigenvalue weighted by molar-refractivity contribution is 9.10. The number of nitrogens with zero attached hydrogens (tertiary/aromatic N) is 2. The molecule has 0 spiro atoms. The van der Waals surface area contributed by atoms with Gasteiger partial charge in [-0.3, -0.25) is 0 Å². The Bertz CT molecular complexity index is 663. The summed E-state index contributed by atoms with van der Waals surface area (Å²) < 4.78 is 31.5. The van der Waals surface area contributed by atoms with Gasteiger partial charge in [0.25, 0.3) is 0 Å². The quantitative estimate of drug-likeness (QED) is 0.818. The first-order valence-electron chi connectivity index (χ1n) is 5.46. The molecule has 0 aliphatic rings. The molecule has 0 radical (unpaired) electrons. The van der Waals surface area contributed by atoms with Crippen molar-refractivity contribution < 1.29 is 12.9 Å². The zero-order valence-corrected chi connectivity index (χ0v) is 13.7. The summed E-state index contributed by atoms with van der Waals surface area (Å²) in [6, 6.07) is 3.55. The molecule has 2 heterocycles. The summed E-state index contributed by atoms with van der Waals surface area (Å²) in [5.74, 6) is 0.461. The van der Waals surface area contributed by atoms with E-state index in [1.807, 2.05) is 11.4 Å².